The van der Waals surface area contributed by atoms with E-state index < -0.39 is 57.1 Å². The highest BCUT2D eigenvalue weighted by Crippen LogP contribution is 2.68. The first-order valence-electron chi connectivity index (χ1n) is 15.1. The van der Waals surface area contributed by atoms with Gasteiger partial charge in [0.15, 0.2) is 0 Å². The lowest BCUT2D eigenvalue weighted by molar-refractivity contribution is -0.205. The average Bonchev–Trinajstić information content (AvgIpc) is 3.31. The number of ether oxygens (including phenoxy) is 1. The first-order valence-corrected chi connectivity index (χ1v) is 16.1. The molecule has 0 saturated heterocycles. The van der Waals surface area contributed by atoms with Crippen molar-refractivity contribution in [2.75, 3.05) is 29.5 Å². The number of anilines is 2. The van der Waals surface area contributed by atoms with Crippen molar-refractivity contribution in [3.8, 4) is 0 Å². The molecule has 0 spiro atoms. The summed E-state index contributed by atoms with van der Waals surface area (Å²) in [5, 5.41) is 26.0. The summed E-state index contributed by atoms with van der Waals surface area (Å²) in [5.41, 5.74) is -3.14. The Balaban J connectivity index is 1.50. The summed E-state index contributed by atoms with van der Waals surface area (Å²) >= 11 is 1.32. The van der Waals surface area contributed by atoms with Crippen molar-refractivity contribution in [2.24, 2.45) is 34.0 Å². The smallest absolute Gasteiger partial charge is 0.322 e. The summed E-state index contributed by atoms with van der Waals surface area (Å²) in [6.07, 6.45) is 3.77. The zero-order chi connectivity index (χ0) is 32.1. The normalized spacial score (nSPS) is 35.9. The molecule has 1 aromatic rings. The Bertz CT molecular complexity index is 1370. The Morgan fingerprint density at radius 3 is 2.35 bits per heavy atom. The van der Waals surface area contributed by atoms with E-state index in [4.69, 9.17) is 9.84 Å². The zero-order valence-electron chi connectivity index (χ0n) is 26.1. The summed E-state index contributed by atoms with van der Waals surface area (Å²) in [6.45, 7) is 15.8. The third-order valence-corrected chi connectivity index (χ3v) is 12.5. The summed E-state index contributed by atoms with van der Waals surface area (Å²) in [7, 11) is 0. The Morgan fingerprint density at radius 1 is 1.12 bits per heavy atom. The molecular weight excluding hydrogens is 572 g/mol. The van der Waals surface area contributed by atoms with Crippen molar-refractivity contribution in [2.45, 2.75) is 90.6 Å². The van der Waals surface area contributed by atoms with Gasteiger partial charge < -0.3 is 25.6 Å². The monoisotopic (exact) mass is 618 g/mol. The molecule has 0 aromatic heterocycles. The van der Waals surface area contributed by atoms with Crippen LogP contribution in [0.1, 0.15) is 73.6 Å². The number of carbonyl (C=O) groups is 3. The quantitative estimate of drug-likeness (QED) is 0.163. The number of aliphatic hydroxyl groups is 1. The lowest BCUT2D eigenvalue weighted by Crippen LogP contribution is -2.63. The zero-order valence-corrected chi connectivity index (χ0v) is 26.9. The Hall–Kier alpha value is -2.66. The van der Waals surface area contributed by atoms with Crippen molar-refractivity contribution < 1.29 is 29.3 Å². The van der Waals surface area contributed by atoms with Crippen LogP contribution in [0.15, 0.2) is 22.2 Å². The Morgan fingerprint density at radius 2 is 1.74 bits per heavy atom. The van der Waals surface area contributed by atoms with E-state index in [0.717, 1.165) is 19.3 Å². The molecule has 8 atom stereocenters. The number of carboxylic acid groups (broad SMARTS) is 1. The fourth-order valence-electron chi connectivity index (χ4n) is 8.19. The fourth-order valence-corrected chi connectivity index (χ4v) is 8.94. The van der Waals surface area contributed by atoms with Crippen LogP contribution in [0.25, 0.3) is 0 Å². The van der Waals surface area contributed by atoms with Crippen LogP contribution in [0.5, 0.6) is 0 Å². The molecule has 0 unspecified atom stereocenters. The summed E-state index contributed by atoms with van der Waals surface area (Å²) in [6, 6.07) is 0. The van der Waals surface area contributed by atoms with E-state index in [1.54, 1.807) is 6.08 Å². The first kappa shape index (κ1) is 33.2. The standard InChI is InChI=1S/C32H46N2O8S/c1-8-30(6)13-20(31(7)17(2)9-11-32(18(3)28(30)41)12-10-19(35)27(31)32)42-22(38)15-43-29(4,5)16-34-24-23(25(39)26(24)40)33-14-21(36)37/h8,17-18,20,27-28,33-34,41H,1,9-16H2,2-7H3,(H,36,37)/t17-,18+,20-,27+,28+,30-,31+,32+/m1/s1. The number of Topliss-reactive ketones (excluding diaryl/α,β-unsaturated/α-hetero) is 1. The largest absolute Gasteiger partial charge is 0.480 e. The van der Waals surface area contributed by atoms with Gasteiger partial charge in [-0.05, 0) is 56.8 Å². The van der Waals surface area contributed by atoms with Crippen molar-refractivity contribution in [3.63, 3.8) is 0 Å². The number of esters is 1. The first-order chi connectivity index (χ1) is 19.9. The van der Waals surface area contributed by atoms with Crippen molar-refractivity contribution >= 4 is 40.9 Å². The van der Waals surface area contributed by atoms with E-state index >= 15 is 0 Å². The number of aliphatic hydroxyl groups excluding tert-OH is 1. The molecule has 0 heterocycles. The molecule has 10 nitrogen and oxygen atoms in total. The van der Waals surface area contributed by atoms with Crippen molar-refractivity contribution in [1.29, 1.82) is 0 Å². The minimum Gasteiger partial charge on any atom is -0.480 e. The second-order valence-electron chi connectivity index (χ2n) is 14.1. The van der Waals surface area contributed by atoms with E-state index in [1.165, 1.54) is 11.8 Å². The molecule has 3 fully saturated rings. The molecule has 3 saturated carbocycles. The van der Waals surface area contributed by atoms with Gasteiger partial charge in [0.1, 0.15) is 29.8 Å². The van der Waals surface area contributed by atoms with Crippen LogP contribution in [0.3, 0.4) is 0 Å². The molecule has 3 aliphatic carbocycles. The molecule has 3 aliphatic rings. The molecular formula is C32H46N2O8S. The number of rotatable bonds is 11. The van der Waals surface area contributed by atoms with Gasteiger partial charge >= 0.3 is 11.9 Å². The van der Waals surface area contributed by atoms with Gasteiger partial charge in [0.05, 0.1) is 11.9 Å². The maximum atomic E-state index is 13.6. The van der Waals surface area contributed by atoms with Gasteiger partial charge in [-0.2, -0.15) is 0 Å². The predicted molar refractivity (Wildman–Crippen MR) is 167 cm³/mol. The van der Waals surface area contributed by atoms with Gasteiger partial charge in [-0.1, -0.05) is 33.8 Å². The van der Waals surface area contributed by atoms with Gasteiger partial charge in [0.25, 0.3) is 10.9 Å². The molecule has 1 aromatic carbocycles. The third kappa shape index (κ3) is 5.67. The Kier molecular flexibility index (Phi) is 9.03. The minimum atomic E-state index is -1.16. The third-order valence-electron chi connectivity index (χ3n) is 11.2. The molecule has 4 rings (SSSR count). The maximum Gasteiger partial charge on any atom is 0.322 e. The van der Waals surface area contributed by atoms with E-state index in [0.29, 0.717) is 12.8 Å². The number of nitrogens with one attached hydrogen (secondary N) is 2. The van der Waals surface area contributed by atoms with Crippen LogP contribution in [-0.4, -0.2) is 63.7 Å². The SMILES string of the molecule is C=C[C@]1(C)C[C@@H](OC(=O)CSC(C)(C)CNc2c(NCC(=O)O)c(=O)c2=O)[C@]2(C)[C@H](C)CC[C@]3(CCC(=O)[C@H]32)[C@@H](C)[C@@H]1O. The number of ketones is 1. The highest BCUT2D eigenvalue weighted by atomic mass is 32.2. The maximum absolute atomic E-state index is 13.6. The van der Waals surface area contributed by atoms with Crippen LogP contribution in [0.4, 0.5) is 11.4 Å². The second kappa shape index (κ2) is 11.7. The van der Waals surface area contributed by atoms with E-state index in [1.807, 2.05) is 20.8 Å². The van der Waals surface area contributed by atoms with Crippen molar-refractivity contribution in [3.05, 3.63) is 33.1 Å². The highest BCUT2D eigenvalue weighted by Gasteiger charge is 2.68. The average molecular weight is 619 g/mol. The minimum absolute atomic E-state index is 0.0131. The van der Waals surface area contributed by atoms with Gasteiger partial charge in [0, 0.05) is 34.5 Å². The van der Waals surface area contributed by atoms with E-state index in [9.17, 15) is 29.1 Å². The number of thioether (sulfide) groups is 1. The number of hydrogen-bond donors (Lipinski definition) is 4. The summed E-state index contributed by atoms with van der Waals surface area (Å²) in [4.78, 5) is 61.8. The Labute approximate surface area is 257 Å². The van der Waals surface area contributed by atoms with Gasteiger partial charge in [-0.25, -0.2) is 0 Å². The van der Waals surface area contributed by atoms with Crippen LogP contribution < -0.4 is 21.5 Å². The molecule has 43 heavy (non-hydrogen) atoms. The van der Waals surface area contributed by atoms with E-state index in [2.05, 4.69) is 38.0 Å². The van der Waals surface area contributed by atoms with Gasteiger partial charge in [0.2, 0.25) is 0 Å². The molecule has 0 radical (unpaired) electrons. The lowest BCUT2D eigenvalue weighted by Gasteiger charge is -2.61. The molecule has 238 valence electrons. The van der Waals surface area contributed by atoms with Gasteiger partial charge in [-0.15, -0.1) is 18.3 Å². The highest BCUT2D eigenvalue weighted by molar-refractivity contribution is 8.01. The molecule has 2 bridgehead atoms. The topological polar surface area (TPSA) is 159 Å². The van der Waals surface area contributed by atoms with Crippen molar-refractivity contribution in [1.82, 2.24) is 0 Å². The molecule has 0 amide bonds. The number of aliphatic carboxylic acids is 1. The van der Waals surface area contributed by atoms with Gasteiger partial charge in [-0.3, -0.25) is 24.0 Å². The summed E-state index contributed by atoms with van der Waals surface area (Å²) < 4.78 is 5.75. The molecule has 4 N–H and O–H groups in total. The number of carboxylic acids is 1. The van der Waals surface area contributed by atoms with Crippen LogP contribution >= 0.6 is 11.8 Å². The molecule has 11 heteroatoms. The second-order valence-corrected chi connectivity index (χ2v) is 15.8. The van der Waals surface area contributed by atoms with Crippen LogP contribution in [-0.2, 0) is 19.1 Å². The van der Waals surface area contributed by atoms with E-state index in [-0.39, 0.29) is 52.6 Å². The lowest BCUT2D eigenvalue weighted by atomic mass is 9.44. The fraction of sp³-hybridized carbons (Fsp3) is 0.719. The summed E-state index contributed by atoms with van der Waals surface area (Å²) in [5.74, 6) is -1.64. The van der Waals surface area contributed by atoms with Crippen LogP contribution in [0.2, 0.25) is 0 Å². The predicted octanol–water partition coefficient (Wildman–Crippen LogP) is 3.61. The number of carbonyl (C=O) groups excluding carboxylic acids is 2. The van der Waals surface area contributed by atoms with Crippen LogP contribution in [0, 0.1) is 34.0 Å². The molecule has 0 aliphatic heterocycles. The number of hydrogen-bond acceptors (Lipinski definition) is 10.